The fourth-order valence-electron chi connectivity index (χ4n) is 0.792. The zero-order valence-corrected chi connectivity index (χ0v) is 6.35. The molecule has 4 heteroatoms. The van der Waals surface area contributed by atoms with Crippen LogP contribution < -0.4 is 10.6 Å². The molecule has 0 aromatic carbocycles. The molecule has 2 saturated heterocycles. The highest BCUT2D eigenvalue weighted by Gasteiger charge is 2.07. The monoisotopic (exact) mass is 156 g/mol. The molecular weight excluding hydrogens is 144 g/mol. The Morgan fingerprint density at radius 1 is 0.909 bits per heavy atom. The van der Waals surface area contributed by atoms with Crippen molar-refractivity contribution in [3.8, 4) is 0 Å². The highest BCUT2D eigenvalue weighted by Crippen LogP contribution is 1.93. The van der Waals surface area contributed by atoms with Crippen molar-refractivity contribution in [2.45, 2.75) is 19.3 Å². The first-order chi connectivity index (χ1) is 5.29. The van der Waals surface area contributed by atoms with Gasteiger partial charge in [0.25, 0.3) is 0 Å². The lowest BCUT2D eigenvalue weighted by Crippen LogP contribution is -2.37. The van der Waals surface area contributed by atoms with Gasteiger partial charge in [0.05, 0.1) is 0 Å². The molecule has 2 fully saturated rings. The highest BCUT2D eigenvalue weighted by molar-refractivity contribution is 5.81. The maximum atomic E-state index is 10.1. The fourth-order valence-corrected chi connectivity index (χ4v) is 0.792. The van der Waals surface area contributed by atoms with E-state index in [1.807, 2.05) is 0 Å². The van der Waals surface area contributed by atoms with Crippen LogP contribution in [0.2, 0.25) is 0 Å². The average molecular weight is 156 g/mol. The molecule has 62 valence electrons. The van der Waals surface area contributed by atoms with E-state index in [1.165, 1.54) is 0 Å². The molecule has 2 N–H and O–H groups in total. The Morgan fingerprint density at radius 3 is 1.55 bits per heavy atom. The molecule has 0 radical (unpaired) electrons. The van der Waals surface area contributed by atoms with Gasteiger partial charge in [-0.1, -0.05) is 0 Å². The van der Waals surface area contributed by atoms with Gasteiger partial charge >= 0.3 is 0 Å². The Bertz CT molecular complexity index is 154. The van der Waals surface area contributed by atoms with Crippen molar-refractivity contribution in [1.82, 2.24) is 10.6 Å². The first-order valence-electron chi connectivity index (χ1n) is 3.82. The quantitative estimate of drug-likeness (QED) is 0.460. The van der Waals surface area contributed by atoms with Crippen molar-refractivity contribution in [2.75, 3.05) is 13.1 Å². The minimum atomic E-state index is 0.185. The summed E-state index contributed by atoms with van der Waals surface area (Å²) in [7, 11) is 0. The molecule has 0 aromatic rings. The number of carbonyl (C=O) groups excluding carboxylic acids is 2. The second-order valence-corrected chi connectivity index (χ2v) is 2.55. The molecular formula is C7H12N2O2. The van der Waals surface area contributed by atoms with E-state index in [1.54, 1.807) is 0 Å². The molecule has 0 spiro atoms. The minimum Gasteiger partial charge on any atom is -0.356 e. The number of hydrogen-bond acceptors (Lipinski definition) is 2. The van der Waals surface area contributed by atoms with Crippen LogP contribution >= 0.6 is 0 Å². The first kappa shape index (κ1) is 8.04. The predicted octanol–water partition coefficient (Wildman–Crippen LogP) is -0.597. The average Bonchev–Trinajstić information content (AvgIpc) is 2.36. The van der Waals surface area contributed by atoms with Gasteiger partial charge in [-0.25, -0.2) is 0 Å². The lowest BCUT2D eigenvalue weighted by Gasteiger charge is -2.10. The normalized spacial score (nSPS) is 20.7. The third kappa shape index (κ3) is 3.02. The van der Waals surface area contributed by atoms with E-state index < -0.39 is 0 Å². The van der Waals surface area contributed by atoms with E-state index in [9.17, 15) is 9.59 Å². The van der Waals surface area contributed by atoms with Crippen LogP contribution in [0.25, 0.3) is 0 Å². The lowest BCUT2D eigenvalue weighted by molar-refractivity contribution is -0.125. The molecule has 2 heterocycles. The molecule has 0 aliphatic carbocycles. The smallest absolute Gasteiger partial charge is 0.221 e. The molecule has 0 saturated carbocycles. The maximum Gasteiger partial charge on any atom is 0.221 e. The Hall–Kier alpha value is -1.06. The van der Waals surface area contributed by atoms with Gasteiger partial charge in [-0.2, -0.15) is 0 Å². The van der Waals surface area contributed by atoms with E-state index in [4.69, 9.17) is 0 Å². The zero-order valence-electron chi connectivity index (χ0n) is 6.35. The number of carbonyl (C=O) groups is 2. The second kappa shape index (κ2) is 3.95. The summed E-state index contributed by atoms with van der Waals surface area (Å²) in [4.78, 5) is 19.9. The van der Waals surface area contributed by atoms with Crippen LogP contribution in [0, 0.1) is 0 Å². The summed E-state index contributed by atoms with van der Waals surface area (Å²) in [5.74, 6) is 0.389. The second-order valence-electron chi connectivity index (χ2n) is 2.55. The van der Waals surface area contributed by atoms with E-state index >= 15 is 0 Å². The molecule has 11 heavy (non-hydrogen) atoms. The summed E-state index contributed by atoms with van der Waals surface area (Å²) in [5, 5.41) is 5.25. The maximum absolute atomic E-state index is 10.1. The van der Waals surface area contributed by atoms with Gasteiger partial charge in [0.2, 0.25) is 11.8 Å². The predicted molar refractivity (Wildman–Crippen MR) is 39.9 cm³/mol. The van der Waals surface area contributed by atoms with Gasteiger partial charge in [0.1, 0.15) is 0 Å². The van der Waals surface area contributed by atoms with Gasteiger partial charge in [-0.3, -0.25) is 9.59 Å². The molecule has 0 aromatic heterocycles. The SMILES string of the molecule is O=C1CCCN1.O=C1CCN1. The molecule has 0 bridgehead atoms. The Labute approximate surface area is 65.3 Å². The van der Waals surface area contributed by atoms with E-state index in [-0.39, 0.29) is 11.8 Å². The molecule has 2 rings (SSSR count). The summed E-state index contributed by atoms with van der Waals surface area (Å²) < 4.78 is 0. The van der Waals surface area contributed by atoms with Crippen LogP contribution in [0.15, 0.2) is 0 Å². The summed E-state index contributed by atoms with van der Waals surface area (Å²) >= 11 is 0. The van der Waals surface area contributed by atoms with Crippen LogP contribution in [0.3, 0.4) is 0 Å². The van der Waals surface area contributed by atoms with E-state index in [0.29, 0.717) is 0 Å². The fraction of sp³-hybridized carbons (Fsp3) is 0.714. The highest BCUT2D eigenvalue weighted by atomic mass is 16.2. The van der Waals surface area contributed by atoms with Crippen molar-refractivity contribution in [3.05, 3.63) is 0 Å². The summed E-state index contributed by atoms with van der Waals surface area (Å²) in [6.07, 6.45) is 2.50. The third-order valence-electron chi connectivity index (χ3n) is 1.58. The number of hydrogen-bond donors (Lipinski definition) is 2. The molecule has 2 amide bonds. The largest absolute Gasteiger partial charge is 0.356 e. The minimum absolute atomic E-state index is 0.185. The van der Waals surface area contributed by atoms with Crippen molar-refractivity contribution in [2.24, 2.45) is 0 Å². The van der Waals surface area contributed by atoms with Crippen LogP contribution in [-0.4, -0.2) is 24.9 Å². The Balaban J connectivity index is 0.000000112. The molecule has 4 nitrogen and oxygen atoms in total. The summed E-state index contributed by atoms with van der Waals surface area (Å²) in [6, 6.07) is 0. The van der Waals surface area contributed by atoms with Gasteiger partial charge in [0, 0.05) is 25.9 Å². The summed E-state index contributed by atoms with van der Waals surface area (Å²) in [6.45, 7) is 1.78. The molecule has 0 atom stereocenters. The number of rotatable bonds is 0. The Morgan fingerprint density at radius 2 is 1.45 bits per heavy atom. The van der Waals surface area contributed by atoms with Gasteiger partial charge < -0.3 is 10.6 Å². The third-order valence-corrected chi connectivity index (χ3v) is 1.58. The van der Waals surface area contributed by atoms with Gasteiger partial charge in [-0.05, 0) is 6.42 Å². The topological polar surface area (TPSA) is 58.2 Å². The Kier molecular flexibility index (Phi) is 2.89. The van der Waals surface area contributed by atoms with E-state index in [2.05, 4.69) is 10.6 Å². The number of nitrogens with one attached hydrogen (secondary N) is 2. The van der Waals surface area contributed by atoms with E-state index in [0.717, 1.165) is 32.4 Å². The van der Waals surface area contributed by atoms with Gasteiger partial charge in [-0.15, -0.1) is 0 Å². The molecule has 2 aliphatic heterocycles. The van der Waals surface area contributed by atoms with Gasteiger partial charge in [0.15, 0.2) is 0 Å². The first-order valence-corrected chi connectivity index (χ1v) is 3.82. The van der Waals surface area contributed by atoms with Crippen molar-refractivity contribution < 1.29 is 9.59 Å². The van der Waals surface area contributed by atoms with Crippen molar-refractivity contribution in [1.29, 1.82) is 0 Å². The molecule has 2 aliphatic rings. The van der Waals surface area contributed by atoms with Crippen molar-refractivity contribution >= 4 is 11.8 Å². The van der Waals surface area contributed by atoms with Crippen LogP contribution in [0.5, 0.6) is 0 Å². The van der Waals surface area contributed by atoms with Crippen molar-refractivity contribution in [3.63, 3.8) is 0 Å². The lowest BCUT2D eigenvalue weighted by atomic mass is 10.3. The summed E-state index contributed by atoms with van der Waals surface area (Å²) in [5.41, 5.74) is 0. The standard InChI is InChI=1S/C4H7NO.C3H5NO/c6-4-2-1-3-5-4;5-3-1-2-4-3/h1-3H2,(H,5,6);1-2H2,(H,4,5). The molecule has 0 unspecified atom stereocenters. The van der Waals surface area contributed by atoms with Crippen LogP contribution in [0.1, 0.15) is 19.3 Å². The number of β-lactam (4-membered cyclic amide) rings is 1. The van der Waals surface area contributed by atoms with Crippen LogP contribution in [-0.2, 0) is 9.59 Å². The van der Waals surface area contributed by atoms with Crippen LogP contribution in [0.4, 0.5) is 0 Å². The number of amides is 2. The zero-order chi connectivity index (χ0) is 8.10.